The van der Waals surface area contributed by atoms with Crippen molar-refractivity contribution in [3.8, 4) is 0 Å². The Labute approximate surface area is 103 Å². The molecule has 100 valence electrons. The van der Waals surface area contributed by atoms with Crippen molar-refractivity contribution in [3.63, 3.8) is 0 Å². The normalized spacial score (nSPS) is 22.8. The first-order chi connectivity index (χ1) is 8.48. The van der Waals surface area contributed by atoms with Crippen molar-refractivity contribution in [1.29, 1.82) is 0 Å². The molecule has 1 aliphatic rings. The first-order valence-electron chi connectivity index (χ1n) is 5.60. The number of rotatable bonds is 2. The quantitative estimate of drug-likeness (QED) is 0.886. The van der Waals surface area contributed by atoms with Crippen molar-refractivity contribution in [2.45, 2.75) is 18.3 Å². The van der Waals surface area contributed by atoms with E-state index in [0.29, 0.717) is 25.4 Å². The molecule has 1 saturated heterocycles. The maximum Gasteiger partial charge on any atom is 0.416 e. The monoisotopic (exact) mass is 261 g/mol. The van der Waals surface area contributed by atoms with Gasteiger partial charge in [-0.25, -0.2) is 0 Å². The van der Waals surface area contributed by atoms with Gasteiger partial charge >= 0.3 is 6.18 Å². The summed E-state index contributed by atoms with van der Waals surface area (Å²) in [6.07, 6.45) is -4.64. The van der Waals surface area contributed by atoms with Gasteiger partial charge in [0, 0.05) is 0 Å². The van der Waals surface area contributed by atoms with Crippen LogP contribution in [-0.4, -0.2) is 25.9 Å². The molecule has 0 saturated carbocycles. The summed E-state index contributed by atoms with van der Waals surface area (Å²) < 4.78 is 47.8. The lowest BCUT2D eigenvalue weighted by Gasteiger charge is -2.28. The fourth-order valence-electron chi connectivity index (χ4n) is 1.82. The molecular formula is C12H14F3NO2. The van der Waals surface area contributed by atoms with Crippen molar-refractivity contribution in [2.75, 3.05) is 19.8 Å². The third kappa shape index (κ3) is 3.01. The number of ether oxygens (including phenoxy) is 2. The fraction of sp³-hybridized carbons (Fsp3) is 0.500. The Balaban J connectivity index is 2.09. The van der Waals surface area contributed by atoms with Gasteiger partial charge in [-0.2, -0.15) is 13.2 Å². The molecule has 0 spiro atoms. The summed E-state index contributed by atoms with van der Waals surface area (Å²) in [7, 11) is 0. The van der Waals surface area contributed by atoms with E-state index in [1.54, 1.807) is 0 Å². The maximum atomic E-state index is 12.4. The highest BCUT2D eigenvalue weighted by Gasteiger charge is 2.30. The van der Waals surface area contributed by atoms with Gasteiger partial charge in [0.1, 0.15) is 6.10 Å². The molecule has 1 aliphatic heterocycles. The second kappa shape index (κ2) is 5.26. The topological polar surface area (TPSA) is 44.5 Å². The third-order valence-corrected chi connectivity index (χ3v) is 2.87. The molecule has 2 N–H and O–H groups in total. The lowest BCUT2D eigenvalue weighted by atomic mass is 10.0. The van der Waals surface area contributed by atoms with Gasteiger partial charge in [-0.1, -0.05) is 12.1 Å². The van der Waals surface area contributed by atoms with E-state index in [1.165, 1.54) is 12.1 Å². The van der Waals surface area contributed by atoms with Crippen LogP contribution in [0.2, 0.25) is 0 Å². The van der Waals surface area contributed by atoms with Gasteiger partial charge in [0.05, 0.1) is 31.4 Å². The van der Waals surface area contributed by atoms with Crippen LogP contribution in [0.5, 0.6) is 0 Å². The summed E-state index contributed by atoms with van der Waals surface area (Å²) in [4.78, 5) is 0. The van der Waals surface area contributed by atoms with Gasteiger partial charge in [0.15, 0.2) is 0 Å². The summed E-state index contributed by atoms with van der Waals surface area (Å²) in [5, 5.41) is 0. The number of nitrogens with two attached hydrogens (primary N) is 1. The Morgan fingerprint density at radius 3 is 2.33 bits per heavy atom. The van der Waals surface area contributed by atoms with E-state index in [4.69, 9.17) is 15.2 Å². The van der Waals surface area contributed by atoms with Crippen LogP contribution in [0.4, 0.5) is 13.2 Å². The van der Waals surface area contributed by atoms with Crippen molar-refractivity contribution in [2.24, 2.45) is 5.73 Å². The smallest absolute Gasteiger partial charge is 0.376 e. The van der Waals surface area contributed by atoms with E-state index in [9.17, 15) is 13.2 Å². The van der Waals surface area contributed by atoms with Crippen LogP contribution in [0, 0.1) is 0 Å². The lowest BCUT2D eigenvalue weighted by Crippen LogP contribution is -2.37. The minimum atomic E-state index is -4.33. The van der Waals surface area contributed by atoms with E-state index < -0.39 is 17.8 Å². The summed E-state index contributed by atoms with van der Waals surface area (Å²) >= 11 is 0. The Kier molecular flexibility index (Phi) is 3.89. The first-order valence-corrected chi connectivity index (χ1v) is 5.60. The van der Waals surface area contributed by atoms with E-state index in [-0.39, 0.29) is 6.10 Å². The first kappa shape index (κ1) is 13.3. The second-order valence-electron chi connectivity index (χ2n) is 4.13. The van der Waals surface area contributed by atoms with Crippen LogP contribution in [0.15, 0.2) is 24.3 Å². The average molecular weight is 261 g/mol. The molecule has 0 aliphatic carbocycles. The molecule has 0 bridgehead atoms. The number of hydrogen-bond donors (Lipinski definition) is 1. The Morgan fingerprint density at radius 1 is 1.17 bits per heavy atom. The predicted octanol–water partition coefficient (Wildman–Crippen LogP) is 2.12. The number of alkyl halides is 3. The largest absolute Gasteiger partial charge is 0.416 e. The van der Waals surface area contributed by atoms with Crippen molar-refractivity contribution in [3.05, 3.63) is 35.4 Å². The fourth-order valence-corrected chi connectivity index (χ4v) is 1.82. The molecule has 0 amide bonds. The van der Waals surface area contributed by atoms with Gasteiger partial charge in [-0.3, -0.25) is 0 Å². The minimum Gasteiger partial charge on any atom is -0.376 e. The second-order valence-corrected chi connectivity index (χ2v) is 4.13. The molecule has 3 nitrogen and oxygen atoms in total. The number of hydrogen-bond acceptors (Lipinski definition) is 3. The zero-order chi connectivity index (χ0) is 13.2. The van der Waals surface area contributed by atoms with Crippen LogP contribution in [-0.2, 0) is 15.7 Å². The molecule has 2 unspecified atom stereocenters. The van der Waals surface area contributed by atoms with Crippen LogP contribution < -0.4 is 5.73 Å². The van der Waals surface area contributed by atoms with Crippen molar-refractivity contribution in [1.82, 2.24) is 0 Å². The summed E-state index contributed by atoms with van der Waals surface area (Å²) in [6.45, 7) is 1.34. The van der Waals surface area contributed by atoms with Gasteiger partial charge in [0.25, 0.3) is 0 Å². The van der Waals surface area contributed by atoms with Crippen molar-refractivity contribution < 1.29 is 22.6 Å². The highest BCUT2D eigenvalue weighted by Crippen LogP contribution is 2.30. The molecule has 1 fully saturated rings. The Hall–Kier alpha value is -1.11. The van der Waals surface area contributed by atoms with Crippen molar-refractivity contribution >= 4 is 0 Å². The molecule has 2 rings (SSSR count). The zero-order valence-corrected chi connectivity index (χ0v) is 9.61. The Bertz CT molecular complexity index is 385. The summed E-state index contributed by atoms with van der Waals surface area (Å²) in [5.74, 6) is 0. The summed E-state index contributed by atoms with van der Waals surface area (Å²) in [5.41, 5.74) is 5.87. The lowest BCUT2D eigenvalue weighted by molar-refractivity contribution is -0.137. The van der Waals surface area contributed by atoms with Crippen LogP contribution in [0.1, 0.15) is 17.2 Å². The summed E-state index contributed by atoms with van der Waals surface area (Å²) in [6, 6.07) is 4.34. The number of benzene rings is 1. The zero-order valence-electron chi connectivity index (χ0n) is 9.61. The molecule has 0 radical (unpaired) electrons. The van der Waals surface area contributed by atoms with E-state index in [1.807, 2.05) is 0 Å². The van der Waals surface area contributed by atoms with E-state index >= 15 is 0 Å². The molecule has 2 atom stereocenters. The van der Waals surface area contributed by atoms with E-state index in [0.717, 1.165) is 12.1 Å². The molecule has 1 heterocycles. The maximum absolute atomic E-state index is 12.4. The number of halogens is 3. The van der Waals surface area contributed by atoms with Crippen LogP contribution in [0.25, 0.3) is 0 Å². The standard InChI is InChI=1S/C12H14F3NO2/c13-12(14,15)9-3-1-8(2-4-9)11(16)10-7-17-5-6-18-10/h1-4,10-11H,5-7,16H2. The van der Waals surface area contributed by atoms with Crippen LogP contribution >= 0.6 is 0 Å². The average Bonchev–Trinajstić information content (AvgIpc) is 2.38. The van der Waals surface area contributed by atoms with Gasteiger partial charge in [0.2, 0.25) is 0 Å². The molecule has 0 aromatic heterocycles. The molecule has 1 aromatic rings. The Morgan fingerprint density at radius 2 is 1.83 bits per heavy atom. The van der Waals surface area contributed by atoms with Gasteiger partial charge in [-0.05, 0) is 17.7 Å². The molecular weight excluding hydrogens is 247 g/mol. The van der Waals surface area contributed by atoms with E-state index in [2.05, 4.69) is 0 Å². The van der Waals surface area contributed by atoms with Gasteiger partial charge < -0.3 is 15.2 Å². The molecule has 18 heavy (non-hydrogen) atoms. The van der Waals surface area contributed by atoms with Crippen LogP contribution in [0.3, 0.4) is 0 Å². The molecule has 1 aromatic carbocycles. The third-order valence-electron chi connectivity index (χ3n) is 2.87. The highest BCUT2D eigenvalue weighted by atomic mass is 19.4. The SMILES string of the molecule is NC(c1ccc(C(F)(F)F)cc1)C1COCCO1. The van der Waals surface area contributed by atoms with Gasteiger partial charge in [-0.15, -0.1) is 0 Å². The molecule has 6 heteroatoms. The minimum absolute atomic E-state index is 0.310. The predicted molar refractivity (Wildman–Crippen MR) is 58.9 cm³/mol. The highest BCUT2D eigenvalue weighted by molar-refractivity contribution is 5.27.